The van der Waals surface area contributed by atoms with Crippen LogP contribution in [0.25, 0.3) is 0 Å². The first-order valence-corrected chi connectivity index (χ1v) is 10.3. The van der Waals surface area contributed by atoms with E-state index in [2.05, 4.69) is 15.3 Å². The average molecular weight is 402 g/mol. The van der Waals surface area contributed by atoms with Crippen molar-refractivity contribution < 1.29 is 18.7 Å². The Morgan fingerprint density at radius 1 is 1.43 bits per heavy atom. The third-order valence-electron chi connectivity index (χ3n) is 6.20. The van der Waals surface area contributed by atoms with Crippen molar-refractivity contribution >= 4 is 23.2 Å². The van der Waals surface area contributed by atoms with Crippen molar-refractivity contribution in [1.29, 1.82) is 0 Å². The Bertz CT molecular complexity index is 924. The SMILES string of the molecule is O=C(NC[C@H]1[C@H]2CN(C(=O)c3ncccc3F)C[C@]23CC[C@H]1O3)c1cscn1. The first-order valence-electron chi connectivity index (χ1n) is 9.31. The Labute approximate surface area is 164 Å². The van der Waals surface area contributed by atoms with Gasteiger partial charge in [0, 0.05) is 36.5 Å². The van der Waals surface area contributed by atoms with Crippen LogP contribution in [0.5, 0.6) is 0 Å². The van der Waals surface area contributed by atoms with Crippen LogP contribution in [-0.4, -0.2) is 58.0 Å². The molecule has 0 aliphatic carbocycles. The fourth-order valence-electron chi connectivity index (χ4n) is 4.94. The molecule has 7 nitrogen and oxygen atoms in total. The quantitative estimate of drug-likeness (QED) is 0.842. The number of fused-ring (bicyclic) bond motifs is 1. The Hall–Kier alpha value is -2.39. The highest BCUT2D eigenvalue weighted by Gasteiger charge is 2.63. The molecule has 5 rings (SSSR count). The van der Waals surface area contributed by atoms with Gasteiger partial charge in [-0.25, -0.2) is 14.4 Å². The Balaban J connectivity index is 1.30. The van der Waals surface area contributed by atoms with Gasteiger partial charge in [-0.05, 0) is 25.0 Å². The molecule has 0 aromatic carbocycles. The summed E-state index contributed by atoms with van der Waals surface area (Å²) in [7, 11) is 0. The zero-order valence-corrected chi connectivity index (χ0v) is 15.8. The molecule has 2 bridgehead atoms. The van der Waals surface area contributed by atoms with Crippen molar-refractivity contribution in [2.45, 2.75) is 24.5 Å². The Morgan fingerprint density at radius 3 is 3.11 bits per heavy atom. The van der Waals surface area contributed by atoms with Gasteiger partial charge in [-0.3, -0.25) is 9.59 Å². The summed E-state index contributed by atoms with van der Waals surface area (Å²) in [6.07, 6.45) is 3.30. The number of hydrogen-bond acceptors (Lipinski definition) is 6. The van der Waals surface area contributed by atoms with Crippen LogP contribution in [0.15, 0.2) is 29.2 Å². The number of aromatic nitrogens is 2. The minimum Gasteiger partial charge on any atom is -0.369 e. The van der Waals surface area contributed by atoms with Gasteiger partial charge in [0.05, 0.1) is 23.8 Å². The van der Waals surface area contributed by atoms with Gasteiger partial charge in [0.15, 0.2) is 11.5 Å². The van der Waals surface area contributed by atoms with Crippen LogP contribution in [0.4, 0.5) is 4.39 Å². The van der Waals surface area contributed by atoms with Crippen molar-refractivity contribution in [3.63, 3.8) is 0 Å². The lowest BCUT2D eigenvalue weighted by Crippen LogP contribution is -2.42. The van der Waals surface area contributed by atoms with Gasteiger partial charge in [-0.1, -0.05) is 0 Å². The summed E-state index contributed by atoms with van der Waals surface area (Å²) in [6.45, 7) is 1.41. The molecule has 3 aliphatic rings. The van der Waals surface area contributed by atoms with E-state index in [1.165, 1.54) is 29.7 Å². The van der Waals surface area contributed by atoms with Gasteiger partial charge in [0.25, 0.3) is 11.8 Å². The number of ether oxygens (including phenoxy) is 1. The molecule has 5 heterocycles. The minimum absolute atomic E-state index is 0.0876. The van der Waals surface area contributed by atoms with Crippen molar-refractivity contribution in [2.24, 2.45) is 11.8 Å². The number of rotatable bonds is 4. The first kappa shape index (κ1) is 17.7. The highest BCUT2D eigenvalue weighted by atomic mass is 32.1. The normalized spacial score (nSPS) is 30.5. The van der Waals surface area contributed by atoms with Gasteiger partial charge >= 0.3 is 0 Å². The zero-order valence-electron chi connectivity index (χ0n) is 15.0. The van der Waals surface area contributed by atoms with Crippen molar-refractivity contribution in [1.82, 2.24) is 20.2 Å². The average Bonchev–Trinajstić information content (AvgIpc) is 3.46. The molecular weight excluding hydrogens is 383 g/mol. The van der Waals surface area contributed by atoms with Crippen molar-refractivity contribution in [2.75, 3.05) is 19.6 Å². The molecule has 2 amide bonds. The predicted octanol–water partition coefficient (Wildman–Crippen LogP) is 1.73. The van der Waals surface area contributed by atoms with Crippen LogP contribution in [0, 0.1) is 17.7 Å². The molecule has 0 radical (unpaired) electrons. The molecule has 2 aromatic heterocycles. The van der Waals surface area contributed by atoms with E-state index in [4.69, 9.17) is 4.74 Å². The van der Waals surface area contributed by atoms with E-state index in [1.807, 2.05) is 0 Å². The number of amides is 2. The highest BCUT2D eigenvalue weighted by Crippen LogP contribution is 2.54. The fourth-order valence-corrected chi connectivity index (χ4v) is 5.47. The number of hydrogen-bond donors (Lipinski definition) is 1. The predicted molar refractivity (Wildman–Crippen MR) is 98.4 cm³/mol. The maximum Gasteiger partial charge on any atom is 0.275 e. The molecule has 3 aliphatic heterocycles. The van der Waals surface area contributed by atoms with E-state index in [1.54, 1.807) is 15.8 Å². The van der Waals surface area contributed by atoms with E-state index in [0.717, 1.165) is 12.8 Å². The maximum absolute atomic E-state index is 14.0. The fraction of sp³-hybridized carbons (Fsp3) is 0.474. The summed E-state index contributed by atoms with van der Waals surface area (Å²) in [4.78, 5) is 34.6. The zero-order chi connectivity index (χ0) is 19.3. The molecule has 1 spiro atoms. The number of halogens is 1. The van der Waals surface area contributed by atoms with Crippen LogP contribution in [0.3, 0.4) is 0 Å². The number of pyridine rings is 1. The van der Waals surface area contributed by atoms with Gasteiger partial charge in [-0.15, -0.1) is 11.3 Å². The Kier molecular flexibility index (Phi) is 4.17. The highest BCUT2D eigenvalue weighted by molar-refractivity contribution is 7.07. The summed E-state index contributed by atoms with van der Waals surface area (Å²) in [5.74, 6) is -0.960. The van der Waals surface area contributed by atoms with Gasteiger partial charge in [0.1, 0.15) is 5.69 Å². The maximum atomic E-state index is 14.0. The van der Waals surface area contributed by atoms with Gasteiger partial charge < -0.3 is 15.0 Å². The van der Waals surface area contributed by atoms with Crippen molar-refractivity contribution in [3.05, 3.63) is 46.4 Å². The van der Waals surface area contributed by atoms with E-state index in [9.17, 15) is 14.0 Å². The van der Waals surface area contributed by atoms with Gasteiger partial charge in [-0.2, -0.15) is 0 Å². The number of carbonyl (C=O) groups is 2. The Morgan fingerprint density at radius 2 is 2.32 bits per heavy atom. The molecule has 2 aromatic rings. The lowest BCUT2D eigenvalue weighted by molar-refractivity contribution is 0.00305. The van der Waals surface area contributed by atoms with Crippen molar-refractivity contribution in [3.8, 4) is 0 Å². The van der Waals surface area contributed by atoms with E-state index in [0.29, 0.717) is 25.3 Å². The second-order valence-corrected chi connectivity index (χ2v) is 8.35. The van der Waals surface area contributed by atoms with Crippen LogP contribution in [0.2, 0.25) is 0 Å². The second-order valence-electron chi connectivity index (χ2n) is 7.63. The molecule has 0 saturated carbocycles. The van der Waals surface area contributed by atoms with Crippen LogP contribution >= 0.6 is 11.3 Å². The molecular formula is C19H19FN4O3S. The molecule has 146 valence electrons. The topological polar surface area (TPSA) is 84.4 Å². The number of thiazole rings is 1. The monoisotopic (exact) mass is 402 g/mol. The van der Waals surface area contributed by atoms with Crippen LogP contribution in [-0.2, 0) is 4.74 Å². The van der Waals surface area contributed by atoms with Crippen LogP contribution < -0.4 is 5.32 Å². The van der Waals surface area contributed by atoms with E-state index < -0.39 is 11.7 Å². The molecule has 1 N–H and O–H groups in total. The number of nitrogens with zero attached hydrogens (tertiary/aromatic N) is 3. The summed E-state index contributed by atoms with van der Waals surface area (Å²) in [5, 5.41) is 4.67. The largest absolute Gasteiger partial charge is 0.369 e. The first-order chi connectivity index (χ1) is 13.6. The van der Waals surface area contributed by atoms with Gasteiger partial charge in [0.2, 0.25) is 0 Å². The summed E-state index contributed by atoms with van der Waals surface area (Å²) in [5.41, 5.74) is 1.50. The number of likely N-dealkylation sites (tertiary alicyclic amines) is 1. The molecule has 3 saturated heterocycles. The van der Waals surface area contributed by atoms with Crippen LogP contribution in [0.1, 0.15) is 33.8 Å². The molecule has 28 heavy (non-hydrogen) atoms. The molecule has 4 atom stereocenters. The van der Waals surface area contributed by atoms with E-state index in [-0.39, 0.29) is 35.1 Å². The second kappa shape index (κ2) is 6.59. The number of nitrogens with one attached hydrogen (secondary N) is 1. The third kappa shape index (κ3) is 2.72. The lowest BCUT2D eigenvalue weighted by Gasteiger charge is -2.29. The molecule has 3 fully saturated rings. The summed E-state index contributed by atoms with van der Waals surface area (Å²) < 4.78 is 20.3. The smallest absolute Gasteiger partial charge is 0.275 e. The molecule has 0 unspecified atom stereocenters. The minimum atomic E-state index is -0.612. The molecule has 9 heteroatoms. The van der Waals surface area contributed by atoms with E-state index >= 15 is 0 Å². The number of carbonyl (C=O) groups excluding carboxylic acids is 2. The summed E-state index contributed by atoms with van der Waals surface area (Å²) >= 11 is 1.38. The third-order valence-corrected chi connectivity index (χ3v) is 6.78. The lowest BCUT2D eigenvalue weighted by atomic mass is 9.73. The standard InChI is InChI=1S/C19H19FN4O3S/c20-13-2-1-5-21-16(13)18(26)24-7-12-11(15-3-4-19(12,9-24)27-15)6-22-17(25)14-8-28-10-23-14/h1-2,5,8,10-12,15H,3-4,6-7,9H2,(H,22,25)/t11-,12+,15+,19+/m0/s1. The summed E-state index contributed by atoms with van der Waals surface area (Å²) in [6, 6.07) is 2.71.